The van der Waals surface area contributed by atoms with Crippen molar-refractivity contribution in [2.24, 2.45) is 5.10 Å². The molecule has 1 heterocycles. The van der Waals surface area contributed by atoms with Gasteiger partial charge in [0.2, 0.25) is 0 Å². The second-order valence-corrected chi connectivity index (χ2v) is 9.88. The Morgan fingerprint density at radius 1 is 1.00 bits per heavy atom. The van der Waals surface area contributed by atoms with Gasteiger partial charge in [0.25, 0.3) is 0 Å². The summed E-state index contributed by atoms with van der Waals surface area (Å²) in [6.45, 7) is 1.88. The first-order valence-electron chi connectivity index (χ1n) is 12.2. The quantitative estimate of drug-likeness (QED) is 0.182. The van der Waals surface area contributed by atoms with Crippen molar-refractivity contribution in [1.29, 1.82) is 0 Å². The number of esters is 1. The number of methoxy groups -OCH3 is 2. The van der Waals surface area contributed by atoms with Crippen LogP contribution in [-0.2, 0) is 33.8 Å². The van der Waals surface area contributed by atoms with Crippen molar-refractivity contribution in [3.8, 4) is 11.5 Å². The van der Waals surface area contributed by atoms with Crippen molar-refractivity contribution in [3.63, 3.8) is 0 Å². The topological polar surface area (TPSA) is 115 Å². The zero-order chi connectivity index (χ0) is 27.9. The fourth-order valence-corrected chi connectivity index (χ4v) is 5.41. The predicted octanol–water partition coefficient (Wildman–Crippen LogP) is 4.62. The summed E-state index contributed by atoms with van der Waals surface area (Å²) in [6.07, 6.45) is 3.49. The van der Waals surface area contributed by atoms with Crippen LogP contribution in [0.25, 0.3) is 0 Å². The molecule has 1 aliphatic carbocycles. The average Bonchev–Trinajstić information content (AvgIpc) is 3.32. The molecular weight excluding hydrogens is 525 g/mol. The van der Waals surface area contributed by atoms with E-state index in [0.717, 1.165) is 41.7 Å². The number of thiophene rings is 1. The standard InChI is InChI=1S/C28H28FN3O6S/c1-16(18-10-13-21(22(14-18)36-2)38-15-17-8-11-19(29)12-9-17)31-32-26(34)25(33)30-27-24(28(35)37-3)20-6-4-5-7-23(20)39-27/h8-14H,4-7,15H2,1-3H3,(H,30,33)(H,32,34)/b31-16+. The highest BCUT2D eigenvalue weighted by Crippen LogP contribution is 2.38. The molecular formula is C28H28FN3O6S. The van der Waals surface area contributed by atoms with Gasteiger partial charge in [-0.05, 0) is 74.1 Å². The van der Waals surface area contributed by atoms with Crippen LogP contribution in [0.5, 0.6) is 11.5 Å². The van der Waals surface area contributed by atoms with Crippen LogP contribution >= 0.6 is 11.3 Å². The molecule has 4 rings (SSSR count). The molecule has 2 aromatic carbocycles. The number of benzene rings is 2. The number of nitrogens with one attached hydrogen (secondary N) is 2. The number of hydrazone groups is 1. The third-order valence-electron chi connectivity index (χ3n) is 6.21. The summed E-state index contributed by atoms with van der Waals surface area (Å²) in [5.41, 5.74) is 5.28. The summed E-state index contributed by atoms with van der Waals surface area (Å²) in [5.74, 6) is -1.89. The summed E-state index contributed by atoms with van der Waals surface area (Å²) in [7, 11) is 2.78. The molecule has 9 nitrogen and oxygen atoms in total. The van der Waals surface area contributed by atoms with Crippen molar-refractivity contribution in [2.75, 3.05) is 19.5 Å². The van der Waals surface area contributed by atoms with Gasteiger partial charge in [0.1, 0.15) is 17.4 Å². The molecule has 1 aromatic heterocycles. The van der Waals surface area contributed by atoms with E-state index in [2.05, 4.69) is 15.8 Å². The second kappa shape index (κ2) is 12.5. The van der Waals surface area contributed by atoms with Gasteiger partial charge in [-0.25, -0.2) is 14.6 Å². The van der Waals surface area contributed by atoms with Crippen molar-refractivity contribution >= 4 is 39.8 Å². The molecule has 0 saturated carbocycles. The molecule has 0 bridgehead atoms. The number of halogens is 1. The number of amides is 2. The lowest BCUT2D eigenvalue weighted by Crippen LogP contribution is -2.33. The van der Waals surface area contributed by atoms with Crippen molar-refractivity contribution in [1.82, 2.24) is 5.43 Å². The van der Waals surface area contributed by atoms with E-state index in [1.165, 1.54) is 37.7 Å². The van der Waals surface area contributed by atoms with E-state index in [1.54, 1.807) is 37.3 Å². The van der Waals surface area contributed by atoms with Crippen LogP contribution in [0.15, 0.2) is 47.6 Å². The first-order chi connectivity index (χ1) is 18.8. The Labute approximate surface area is 229 Å². The molecule has 39 heavy (non-hydrogen) atoms. The maximum atomic E-state index is 13.1. The number of fused-ring (bicyclic) bond motifs is 1. The molecule has 0 aliphatic heterocycles. The summed E-state index contributed by atoms with van der Waals surface area (Å²) < 4.78 is 29.2. The van der Waals surface area contributed by atoms with Crippen LogP contribution in [0.2, 0.25) is 0 Å². The molecule has 2 N–H and O–H groups in total. The summed E-state index contributed by atoms with van der Waals surface area (Å²) >= 11 is 1.29. The molecule has 1 aliphatic rings. The molecule has 0 spiro atoms. The summed E-state index contributed by atoms with van der Waals surface area (Å²) in [4.78, 5) is 38.5. The van der Waals surface area contributed by atoms with Crippen molar-refractivity contribution in [3.05, 3.63) is 75.4 Å². The summed E-state index contributed by atoms with van der Waals surface area (Å²) in [6, 6.07) is 11.1. The van der Waals surface area contributed by atoms with Gasteiger partial charge in [-0.3, -0.25) is 9.59 Å². The Balaban J connectivity index is 1.41. The average molecular weight is 554 g/mol. The van der Waals surface area contributed by atoms with E-state index in [9.17, 15) is 18.8 Å². The van der Waals surface area contributed by atoms with E-state index >= 15 is 0 Å². The lowest BCUT2D eigenvalue weighted by Gasteiger charge is -2.12. The van der Waals surface area contributed by atoms with Gasteiger partial charge in [0.05, 0.1) is 25.5 Å². The monoisotopic (exact) mass is 553 g/mol. The minimum Gasteiger partial charge on any atom is -0.493 e. The van der Waals surface area contributed by atoms with Crippen LogP contribution in [0.3, 0.4) is 0 Å². The van der Waals surface area contributed by atoms with Gasteiger partial charge in [0.15, 0.2) is 11.5 Å². The number of hydrogen-bond acceptors (Lipinski definition) is 8. The molecule has 0 radical (unpaired) electrons. The molecule has 11 heteroatoms. The number of carbonyl (C=O) groups excluding carboxylic acids is 3. The Morgan fingerprint density at radius 3 is 2.46 bits per heavy atom. The highest BCUT2D eigenvalue weighted by atomic mass is 32.1. The summed E-state index contributed by atoms with van der Waals surface area (Å²) in [5, 5.41) is 6.88. The smallest absolute Gasteiger partial charge is 0.341 e. The maximum Gasteiger partial charge on any atom is 0.341 e. The second-order valence-electron chi connectivity index (χ2n) is 8.78. The molecule has 204 valence electrons. The SMILES string of the molecule is COC(=O)c1c(NC(=O)C(=O)N/N=C(\C)c2ccc(OCc3ccc(F)cc3)c(OC)c2)sc2c1CCCC2. The van der Waals surface area contributed by atoms with E-state index < -0.39 is 17.8 Å². The minimum atomic E-state index is -0.984. The number of carbonyl (C=O) groups is 3. The first kappa shape index (κ1) is 27.8. The van der Waals surface area contributed by atoms with Gasteiger partial charge in [-0.1, -0.05) is 12.1 Å². The third-order valence-corrected chi connectivity index (χ3v) is 7.42. The molecule has 0 unspecified atom stereocenters. The molecule has 0 fully saturated rings. The van der Waals surface area contributed by atoms with Gasteiger partial charge in [-0.15, -0.1) is 11.3 Å². The maximum absolute atomic E-state index is 13.1. The Kier molecular flexibility index (Phi) is 8.92. The van der Waals surface area contributed by atoms with Crippen LogP contribution in [0.1, 0.15) is 51.7 Å². The lowest BCUT2D eigenvalue weighted by molar-refractivity contribution is -0.136. The van der Waals surface area contributed by atoms with Crippen molar-refractivity contribution in [2.45, 2.75) is 39.2 Å². The van der Waals surface area contributed by atoms with Gasteiger partial charge >= 0.3 is 17.8 Å². The van der Waals surface area contributed by atoms with Gasteiger partial charge in [0, 0.05) is 10.4 Å². The molecule has 3 aromatic rings. The Morgan fingerprint density at radius 2 is 1.74 bits per heavy atom. The number of hydrogen-bond donors (Lipinski definition) is 2. The van der Waals surface area contributed by atoms with Crippen LogP contribution < -0.4 is 20.2 Å². The molecule has 2 amide bonds. The minimum absolute atomic E-state index is 0.221. The normalized spacial score (nSPS) is 12.8. The van der Waals surface area contributed by atoms with Gasteiger partial charge < -0.3 is 19.5 Å². The Bertz CT molecular complexity index is 1420. The van der Waals surface area contributed by atoms with E-state index in [1.807, 2.05) is 0 Å². The zero-order valence-electron chi connectivity index (χ0n) is 21.8. The van der Waals surface area contributed by atoms with Gasteiger partial charge in [-0.2, -0.15) is 5.10 Å². The van der Waals surface area contributed by atoms with Crippen LogP contribution in [0.4, 0.5) is 9.39 Å². The van der Waals surface area contributed by atoms with Crippen LogP contribution in [-0.4, -0.2) is 37.7 Å². The Hall–Kier alpha value is -4.25. The number of anilines is 1. The van der Waals surface area contributed by atoms with Crippen molar-refractivity contribution < 1.29 is 33.0 Å². The van der Waals surface area contributed by atoms with E-state index in [4.69, 9.17) is 14.2 Å². The number of aryl methyl sites for hydroxylation is 1. The highest BCUT2D eigenvalue weighted by molar-refractivity contribution is 7.17. The number of rotatable bonds is 8. The van der Waals surface area contributed by atoms with E-state index in [0.29, 0.717) is 33.3 Å². The fourth-order valence-electron chi connectivity index (χ4n) is 4.14. The third kappa shape index (κ3) is 6.61. The zero-order valence-corrected chi connectivity index (χ0v) is 22.6. The number of nitrogens with zero attached hydrogens (tertiary/aromatic N) is 1. The first-order valence-corrected chi connectivity index (χ1v) is 13.1. The number of ether oxygens (including phenoxy) is 3. The predicted molar refractivity (Wildman–Crippen MR) is 145 cm³/mol. The lowest BCUT2D eigenvalue weighted by atomic mass is 9.95. The van der Waals surface area contributed by atoms with E-state index in [-0.39, 0.29) is 12.4 Å². The largest absolute Gasteiger partial charge is 0.493 e. The molecule has 0 saturated heterocycles. The fraction of sp³-hybridized carbons (Fsp3) is 0.286. The molecule has 0 atom stereocenters. The van der Waals surface area contributed by atoms with Crippen LogP contribution in [0, 0.1) is 5.82 Å². The highest BCUT2D eigenvalue weighted by Gasteiger charge is 2.28.